The first-order valence-electron chi connectivity index (χ1n) is 4.41. The molecule has 14 heavy (non-hydrogen) atoms. The molecule has 0 spiro atoms. The predicted octanol–water partition coefficient (Wildman–Crippen LogP) is 1.59. The molecule has 0 saturated carbocycles. The average Bonchev–Trinajstić information content (AvgIpc) is 2.26. The Kier molecular flexibility index (Phi) is 4.13. The summed E-state index contributed by atoms with van der Waals surface area (Å²) in [6, 6.07) is 9.47. The van der Waals surface area contributed by atoms with Crippen LogP contribution in [-0.2, 0) is 14.3 Å². The average molecular weight is 194 g/mol. The van der Waals surface area contributed by atoms with Crippen LogP contribution in [0, 0.1) is 0 Å². The maximum Gasteiger partial charge on any atom is 0.315 e. The fraction of sp³-hybridized carbons (Fsp3) is 0.364. The second kappa shape index (κ2) is 5.40. The third-order valence-corrected chi connectivity index (χ3v) is 2.02. The molecular formula is C11H14O3. The fourth-order valence-corrected chi connectivity index (χ4v) is 1.29. The van der Waals surface area contributed by atoms with Gasteiger partial charge in [0, 0.05) is 7.11 Å². The Morgan fingerprint density at radius 2 is 1.93 bits per heavy atom. The van der Waals surface area contributed by atoms with E-state index in [1.54, 1.807) is 7.11 Å². The molecule has 0 aliphatic carbocycles. The lowest BCUT2D eigenvalue weighted by atomic mass is 10.0. The highest BCUT2D eigenvalue weighted by molar-refractivity contribution is 5.78. The van der Waals surface area contributed by atoms with Crippen molar-refractivity contribution in [2.45, 2.75) is 5.92 Å². The summed E-state index contributed by atoms with van der Waals surface area (Å²) >= 11 is 0. The van der Waals surface area contributed by atoms with Gasteiger partial charge in [0.1, 0.15) is 5.92 Å². The van der Waals surface area contributed by atoms with E-state index in [-0.39, 0.29) is 11.9 Å². The van der Waals surface area contributed by atoms with Crippen molar-refractivity contribution >= 4 is 5.97 Å². The molecule has 1 aromatic carbocycles. The third-order valence-electron chi connectivity index (χ3n) is 2.02. The van der Waals surface area contributed by atoms with E-state index in [2.05, 4.69) is 0 Å². The van der Waals surface area contributed by atoms with Gasteiger partial charge in [-0.15, -0.1) is 0 Å². The predicted molar refractivity (Wildman–Crippen MR) is 53.1 cm³/mol. The summed E-state index contributed by atoms with van der Waals surface area (Å²) in [7, 11) is 2.95. The van der Waals surface area contributed by atoms with E-state index in [9.17, 15) is 4.79 Å². The summed E-state index contributed by atoms with van der Waals surface area (Å²) in [5.74, 6) is -0.593. The molecule has 0 N–H and O–H groups in total. The van der Waals surface area contributed by atoms with Crippen LogP contribution in [0.5, 0.6) is 0 Å². The molecule has 0 amide bonds. The number of benzene rings is 1. The van der Waals surface area contributed by atoms with Crippen LogP contribution in [0.15, 0.2) is 30.3 Å². The van der Waals surface area contributed by atoms with Crippen LogP contribution in [0.3, 0.4) is 0 Å². The van der Waals surface area contributed by atoms with E-state index in [4.69, 9.17) is 9.47 Å². The Morgan fingerprint density at radius 1 is 1.29 bits per heavy atom. The molecule has 0 unspecified atom stereocenters. The van der Waals surface area contributed by atoms with Gasteiger partial charge >= 0.3 is 5.97 Å². The van der Waals surface area contributed by atoms with E-state index >= 15 is 0 Å². The van der Waals surface area contributed by atoms with Gasteiger partial charge in [-0.25, -0.2) is 0 Å². The Balaban J connectivity index is 2.83. The van der Waals surface area contributed by atoms with Gasteiger partial charge in [0.05, 0.1) is 13.7 Å². The smallest absolute Gasteiger partial charge is 0.315 e. The summed E-state index contributed by atoms with van der Waals surface area (Å²) in [5.41, 5.74) is 0.918. The largest absolute Gasteiger partial charge is 0.468 e. The summed E-state index contributed by atoms with van der Waals surface area (Å²) in [5, 5.41) is 0. The quantitative estimate of drug-likeness (QED) is 0.683. The van der Waals surface area contributed by atoms with Crippen LogP contribution in [-0.4, -0.2) is 26.8 Å². The van der Waals surface area contributed by atoms with Gasteiger partial charge in [-0.05, 0) is 5.56 Å². The van der Waals surface area contributed by atoms with E-state index in [1.807, 2.05) is 30.3 Å². The zero-order valence-electron chi connectivity index (χ0n) is 8.40. The third kappa shape index (κ3) is 2.57. The second-order valence-electron chi connectivity index (χ2n) is 2.94. The molecule has 0 heterocycles. The van der Waals surface area contributed by atoms with Crippen molar-refractivity contribution in [2.24, 2.45) is 0 Å². The first kappa shape index (κ1) is 10.7. The zero-order chi connectivity index (χ0) is 10.4. The molecule has 1 rings (SSSR count). The number of carbonyl (C=O) groups is 1. The highest BCUT2D eigenvalue weighted by Crippen LogP contribution is 2.16. The lowest BCUT2D eigenvalue weighted by Gasteiger charge is -2.13. The molecule has 1 aromatic rings. The van der Waals surface area contributed by atoms with Crippen molar-refractivity contribution in [1.82, 2.24) is 0 Å². The van der Waals surface area contributed by atoms with E-state index < -0.39 is 0 Å². The Morgan fingerprint density at radius 3 is 2.43 bits per heavy atom. The topological polar surface area (TPSA) is 35.5 Å². The molecule has 0 radical (unpaired) electrons. The molecule has 0 fully saturated rings. The number of hydrogen-bond donors (Lipinski definition) is 0. The molecule has 0 aromatic heterocycles. The normalized spacial score (nSPS) is 12.1. The summed E-state index contributed by atoms with van der Waals surface area (Å²) in [6.07, 6.45) is 0. The SMILES string of the molecule is COC[C@@H](C(=O)OC)c1ccccc1. The molecule has 0 aliphatic rings. The minimum atomic E-state index is -0.328. The Hall–Kier alpha value is -1.35. The van der Waals surface area contributed by atoms with Crippen LogP contribution >= 0.6 is 0 Å². The van der Waals surface area contributed by atoms with Crippen LogP contribution in [0.2, 0.25) is 0 Å². The summed E-state index contributed by atoms with van der Waals surface area (Å²) < 4.78 is 9.68. The van der Waals surface area contributed by atoms with Crippen LogP contribution in [0.25, 0.3) is 0 Å². The molecule has 3 nitrogen and oxygen atoms in total. The molecular weight excluding hydrogens is 180 g/mol. The number of ether oxygens (including phenoxy) is 2. The monoisotopic (exact) mass is 194 g/mol. The van der Waals surface area contributed by atoms with Crippen molar-refractivity contribution in [3.8, 4) is 0 Å². The van der Waals surface area contributed by atoms with Gasteiger partial charge in [-0.3, -0.25) is 4.79 Å². The van der Waals surface area contributed by atoms with Crippen molar-refractivity contribution in [2.75, 3.05) is 20.8 Å². The second-order valence-corrected chi connectivity index (χ2v) is 2.94. The molecule has 0 saturated heterocycles. The number of esters is 1. The van der Waals surface area contributed by atoms with E-state index in [0.29, 0.717) is 6.61 Å². The first-order chi connectivity index (χ1) is 6.79. The van der Waals surface area contributed by atoms with Crippen molar-refractivity contribution in [3.63, 3.8) is 0 Å². The Labute approximate surface area is 83.6 Å². The van der Waals surface area contributed by atoms with Gasteiger partial charge in [0.25, 0.3) is 0 Å². The van der Waals surface area contributed by atoms with Crippen molar-refractivity contribution < 1.29 is 14.3 Å². The standard InChI is InChI=1S/C11H14O3/c1-13-8-10(11(12)14-2)9-6-4-3-5-7-9/h3-7,10H,8H2,1-2H3/t10-/m1/s1. The van der Waals surface area contributed by atoms with Crippen LogP contribution < -0.4 is 0 Å². The fourth-order valence-electron chi connectivity index (χ4n) is 1.29. The molecule has 0 aliphatic heterocycles. The van der Waals surface area contributed by atoms with Crippen LogP contribution in [0.4, 0.5) is 0 Å². The van der Waals surface area contributed by atoms with Gasteiger partial charge in [0.15, 0.2) is 0 Å². The highest BCUT2D eigenvalue weighted by Gasteiger charge is 2.20. The summed E-state index contributed by atoms with van der Waals surface area (Å²) in [6.45, 7) is 0.344. The maximum absolute atomic E-state index is 11.4. The number of carbonyl (C=O) groups excluding carboxylic acids is 1. The number of methoxy groups -OCH3 is 2. The number of hydrogen-bond acceptors (Lipinski definition) is 3. The van der Waals surface area contributed by atoms with E-state index in [0.717, 1.165) is 5.56 Å². The highest BCUT2D eigenvalue weighted by atomic mass is 16.5. The Bertz CT molecular complexity index is 282. The zero-order valence-corrected chi connectivity index (χ0v) is 8.40. The molecule has 76 valence electrons. The minimum Gasteiger partial charge on any atom is -0.468 e. The maximum atomic E-state index is 11.4. The molecule has 3 heteroatoms. The van der Waals surface area contributed by atoms with E-state index in [1.165, 1.54) is 7.11 Å². The van der Waals surface area contributed by atoms with Crippen molar-refractivity contribution in [1.29, 1.82) is 0 Å². The summed E-state index contributed by atoms with van der Waals surface area (Å²) in [4.78, 5) is 11.4. The van der Waals surface area contributed by atoms with Crippen molar-refractivity contribution in [3.05, 3.63) is 35.9 Å². The first-order valence-corrected chi connectivity index (χ1v) is 4.41. The molecule has 1 atom stereocenters. The van der Waals surface area contributed by atoms with Gasteiger partial charge in [-0.2, -0.15) is 0 Å². The lowest BCUT2D eigenvalue weighted by molar-refractivity contribution is -0.143. The number of rotatable bonds is 4. The van der Waals surface area contributed by atoms with Gasteiger partial charge < -0.3 is 9.47 Å². The van der Waals surface area contributed by atoms with Crippen LogP contribution in [0.1, 0.15) is 11.5 Å². The van der Waals surface area contributed by atoms with Gasteiger partial charge in [-0.1, -0.05) is 30.3 Å². The lowest BCUT2D eigenvalue weighted by Crippen LogP contribution is -2.18. The minimum absolute atomic E-state index is 0.266. The van der Waals surface area contributed by atoms with Gasteiger partial charge in [0.2, 0.25) is 0 Å². The molecule has 0 bridgehead atoms.